The molecular weight excluding hydrogens is 238 g/mol. The Labute approximate surface area is 104 Å². The number of aromatic nitrogens is 3. The number of carbonyl (C=O) groups is 2. The van der Waals surface area contributed by atoms with Crippen molar-refractivity contribution in [2.75, 3.05) is 6.54 Å². The van der Waals surface area contributed by atoms with Gasteiger partial charge in [-0.2, -0.15) is 5.10 Å². The quantitative estimate of drug-likeness (QED) is 0.575. The molecule has 0 aliphatic carbocycles. The molecule has 2 amide bonds. The van der Waals surface area contributed by atoms with Gasteiger partial charge in [-0.3, -0.25) is 9.89 Å². The van der Waals surface area contributed by atoms with E-state index in [1.54, 1.807) is 13.8 Å². The van der Waals surface area contributed by atoms with Crippen LogP contribution in [-0.4, -0.2) is 38.8 Å². The Hall–Kier alpha value is -2.12. The lowest BCUT2D eigenvalue weighted by Crippen LogP contribution is -2.38. The highest BCUT2D eigenvalue weighted by atomic mass is 16.4. The van der Waals surface area contributed by atoms with Crippen LogP contribution in [0.3, 0.4) is 0 Å². The molecule has 1 aromatic rings. The fourth-order valence-electron chi connectivity index (χ4n) is 1.14. The van der Waals surface area contributed by atoms with E-state index in [1.165, 1.54) is 6.33 Å². The van der Waals surface area contributed by atoms with Gasteiger partial charge in [0.05, 0.1) is 12.0 Å². The number of H-pyrrole nitrogens is 1. The van der Waals surface area contributed by atoms with Gasteiger partial charge in [-0.1, -0.05) is 0 Å². The van der Waals surface area contributed by atoms with Gasteiger partial charge < -0.3 is 15.7 Å². The number of carbonyl (C=O) groups excluding carboxylic acids is 1. The van der Waals surface area contributed by atoms with Crippen LogP contribution in [0.15, 0.2) is 6.33 Å². The van der Waals surface area contributed by atoms with Crippen LogP contribution in [0, 0.1) is 5.41 Å². The van der Waals surface area contributed by atoms with Gasteiger partial charge in [0.1, 0.15) is 12.2 Å². The van der Waals surface area contributed by atoms with Gasteiger partial charge in [0.15, 0.2) is 0 Å². The molecule has 0 aliphatic rings. The van der Waals surface area contributed by atoms with E-state index in [2.05, 4.69) is 25.8 Å². The summed E-state index contributed by atoms with van der Waals surface area (Å²) in [4.78, 5) is 26.0. The first kappa shape index (κ1) is 13.9. The molecule has 0 spiro atoms. The Morgan fingerprint density at radius 3 is 2.72 bits per heavy atom. The van der Waals surface area contributed by atoms with Crippen LogP contribution < -0.4 is 10.6 Å². The molecule has 0 unspecified atom stereocenters. The van der Waals surface area contributed by atoms with E-state index in [4.69, 9.17) is 5.11 Å². The first-order chi connectivity index (χ1) is 8.42. The molecule has 8 nitrogen and oxygen atoms in total. The van der Waals surface area contributed by atoms with Crippen molar-refractivity contribution in [2.24, 2.45) is 5.41 Å². The number of aromatic amines is 1. The molecule has 100 valence electrons. The zero-order chi connectivity index (χ0) is 13.6. The predicted octanol–water partition coefficient (Wildman–Crippen LogP) is 0.105. The lowest BCUT2D eigenvalue weighted by molar-refractivity contribution is -0.147. The number of nitrogens with one attached hydrogen (secondary N) is 3. The molecule has 0 saturated carbocycles. The molecule has 4 N–H and O–H groups in total. The minimum atomic E-state index is -0.883. The second-order valence-electron chi connectivity index (χ2n) is 4.48. The monoisotopic (exact) mass is 255 g/mol. The van der Waals surface area contributed by atoms with Crippen molar-refractivity contribution in [3.8, 4) is 0 Å². The molecule has 0 radical (unpaired) electrons. The second-order valence-corrected chi connectivity index (χ2v) is 4.48. The molecule has 1 heterocycles. The Bertz CT molecular complexity index is 402. The molecule has 18 heavy (non-hydrogen) atoms. The lowest BCUT2D eigenvalue weighted by atomic mass is 9.90. The van der Waals surface area contributed by atoms with Gasteiger partial charge in [0, 0.05) is 6.54 Å². The van der Waals surface area contributed by atoms with Gasteiger partial charge >= 0.3 is 12.0 Å². The normalized spacial score (nSPS) is 11.0. The summed E-state index contributed by atoms with van der Waals surface area (Å²) in [7, 11) is 0. The number of amides is 2. The van der Waals surface area contributed by atoms with Gasteiger partial charge in [-0.25, -0.2) is 9.78 Å². The number of aliphatic carboxylic acids is 1. The average Bonchev–Trinajstić information content (AvgIpc) is 2.78. The summed E-state index contributed by atoms with van der Waals surface area (Å²) in [6, 6.07) is -0.368. The first-order valence-corrected chi connectivity index (χ1v) is 5.51. The van der Waals surface area contributed by atoms with Crippen LogP contribution >= 0.6 is 0 Å². The van der Waals surface area contributed by atoms with Gasteiger partial charge in [0.25, 0.3) is 0 Å². The van der Waals surface area contributed by atoms with E-state index in [0.29, 0.717) is 18.8 Å². The third-order valence-corrected chi connectivity index (χ3v) is 2.50. The maximum Gasteiger partial charge on any atom is 0.315 e. The van der Waals surface area contributed by atoms with E-state index in [0.717, 1.165) is 0 Å². The van der Waals surface area contributed by atoms with Crippen molar-refractivity contribution >= 4 is 12.0 Å². The predicted molar refractivity (Wildman–Crippen MR) is 62.7 cm³/mol. The van der Waals surface area contributed by atoms with Crippen molar-refractivity contribution < 1.29 is 14.7 Å². The highest BCUT2D eigenvalue weighted by Crippen LogP contribution is 2.19. The summed E-state index contributed by atoms with van der Waals surface area (Å²) >= 11 is 0. The third kappa shape index (κ3) is 4.40. The zero-order valence-electron chi connectivity index (χ0n) is 10.4. The topological polar surface area (TPSA) is 120 Å². The summed E-state index contributed by atoms with van der Waals surface area (Å²) in [5.41, 5.74) is -0.849. The number of carboxylic acid groups (broad SMARTS) is 1. The van der Waals surface area contributed by atoms with E-state index in [9.17, 15) is 9.59 Å². The first-order valence-electron chi connectivity index (χ1n) is 5.51. The van der Waals surface area contributed by atoms with Crippen LogP contribution in [0.4, 0.5) is 4.79 Å². The average molecular weight is 255 g/mol. The Morgan fingerprint density at radius 1 is 1.44 bits per heavy atom. The highest BCUT2D eigenvalue weighted by Gasteiger charge is 2.26. The summed E-state index contributed by atoms with van der Waals surface area (Å²) in [5, 5.41) is 20.3. The Balaban J connectivity index is 2.20. The standard InChI is InChI=1S/C10H17N5O3/c1-10(2,8(16)17)3-4-11-9(18)12-5-7-13-6-14-15-7/h6H,3-5H2,1-2H3,(H,16,17)(H2,11,12,18)(H,13,14,15). The van der Waals surface area contributed by atoms with Gasteiger partial charge in [-0.15, -0.1) is 0 Å². The fraction of sp³-hybridized carbons (Fsp3) is 0.600. The largest absolute Gasteiger partial charge is 0.481 e. The molecule has 0 saturated heterocycles. The molecule has 1 aromatic heterocycles. The number of rotatable bonds is 6. The molecule has 0 bridgehead atoms. The van der Waals surface area contributed by atoms with Crippen molar-refractivity contribution in [3.05, 3.63) is 12.2 Å². The third-order valence-electron chi connectivity index (χ3n) is 2.50. The summed E-state index contributed by atoms with van der Waals surface area (Å²) < 4.78 is 0. The number of hydrogen-bond donors (Lipinski definition) is 4. The lowest BCUT2D eigenvalue weighted by Gasteiger charge is -2.18. The molecular formula is C10H17N5O3. The van der Waals surface area contributed by atoms with Crippen molar-refractivity contribution in [1.29, 1.82) is 0 Å². The summed E-state index contributed by atoms with van der Waals surface area (Å²) in [6.07, 6.45) is 1.71. The number of nitrogens with zero attached hydrogens (tertiary/aromatic N) is 2. The molecule has 0 atom stereocenters. The highest BCUT2D eigenvalue weighted by molar-refractivity contribution is 5.75. The van der Waals surface area contributed by atoms with E-state index in [1.807, 2.05) is 0 Å². The fourth-order valence-corrected chi connectivity index (χ4v) is 1.14. The molecule has 0 aliphatic heterocycles. The van der Waals surface area contributed by atoms with Crippen LogP contribution in [0.1, 0.15) is 26.1 Å². The van der Waals surface area contributed by atoms with Gasteiger partial charge in [-0.05, 0) is 20.3 Å². The van der Waals surface area contributed by atoms with Crippen molar-refractivity contribution in [3.63, 3.8) is 0 Å². The Morgan fingerprint density at radius 2 is 2.17 bits per heavy atom. The number of carboxylic acids is 1. The molecule has 0 aromatic carbocycles. The van der Waals surface area contributed by atoms with Crippen LogP contribution in [0.25, 0.3) is 0 Å². The number of urea groups is 1. The molecule has 0 fully saturated rings. The zero-order valence-corrected chi connectivity index (χ0v) is 10.4. The molecule has 1 rings (SSSR count). The van der Waals surface area contributed by atoms with Crippen LogP contribution in [-0.2, 0) is 11.3 Å². The summed E-state index contributed by atoms with van der Waals surface area (Å²) in [6.45, 7) is 3.77. The van der Waals surface area contributed by atoms with E-state index < -0.39 is 11.4 Å². The minimum Gasteiger partial charge on any atom is -0.481 e. The Kier molecular flexibility index (Phi) is 4.64. The summed E-state index contributed by atoms with van der Waals surface area (Å²) in [5.74, 6) is -0.331. The SMILES string of the molecule is CC(C)(CCNC(=O)NCc1ncn[nH]1)C(=O)O. The van der Waals surface area contributed by atoms with Crippen molar-refractivity contribution in [2.45, 2.75) is 26.8 Å². The molecule has 8 heteroatoms. The van der Waals surface area contributed by atoms with Crippen LogP contribution in [0.5, 0.6) is 0 Å². The number of hydrogen-bond acceptors (Lipinski definition) is 4. The second kappa shape index (κ2) is 5.99. The maximum atomic E-state index is 11.4. The maximum absolute atomic E-state index is 11.4. The smallest absolute Gasteiger partial charge is 0.315 e. The van der Waals surface area contributed by atoms with Crippen molar-refractivity contribution in [1.82, 2.24) is 25.8 Å². The van der Waals surface area contributed by atoms with E-state index >= 15 is 0 Å². The van der Waals surface area contributed by atoms with E-state index in [-0.39, 0.29) is 12.6 Å². The van der Waals surface area contributed by atoms with Crippen LogP contribution in [0.2, 0.25) is 0 Å². The van der Waals surface area contributed by atoms with Gasteiger partial charge in [0.2, 0.25) is 0 Å². The minimum absolute atomic E-state index is 0.244.